The van der Waals surface area contributed by atoms with Crippen molar-refractivity contribution in [1.82, 2.24) is 40.8 Å². The summed E-state index contributed by atoms with van der Waals surface area (Å²) in [6.45, 7) is -0.00852. The number of aromatic amines is 1. The molecule has 0 aliphatic heterocycles. The third-order valence-electron chi connectivity index (χ3n) is 13.7. The zero-order chi connectivity index (χ0) is 80.2. The molecule has 10 aromatic rings. The van der Waals surface area contributed by atoms with Gasteiger partial charge in [-0.3, -0.25) is 0 Å². The Labute approximate surface area is 609 Å². The second-order valence-corrected chi connectivity index (χ2v) is 23.2. The van der Waals surface area contributed by atoms with Crippen molar-refractivity contribution in [2.75, 3.05) is 18.5 Å². The maximum absolute atomic E-state index is 12.7. The van der Waals surface area contributed by atoms with Gasteiger partial charge in [0.25, 0.3) is 0 Å². The number of H-pyrrole nitrogens is 1. The SMILES string of the molecule is FC(F)(F)Oc1ccc(Cc2ccc(C(F)(F)F)cc2)c(-c2nn[nH]n2)c1.FC(F)(F)Oc1ccc(Cc2ccc(C(F)(F)F)cc2)c(Br)c1.N#Cc1cc(OC(F)(F)F)ccc1Cc1ccc(C(F)(F)F)cc1.OCCBr.OCCn1nnc(-c2cc(OC(F)(F)F)ccc2Cc2ccc(C(F)(F)F)cc2)n1. The van der Waals surface area contributed by atoms with Crippen LogP contribution >= 0.6 is 31.9 Å². The second-order valence-electron chi connectivity index (χ2n) is 21.6. The summed E-state index contributed by atoms with van der Waals surface area (Å²) in [5.41, 5.74) is 1.23. The second kappa shape index (κ2) is 37.1. The fourth-order valence-electron chi connectivity index (χ4n) is 9.05. The molecule has 0 saturated carbocycles. The first-order chi connectivity index (χ1) is 50.2. The Hall–Kier alpha value is -10.2. The number of alkyl halides is 25. The van der Waals surface area contributed by atoms with Crippen LogP contribution in [0.2, 0.25) is 0 Å². The number of ether oxygens (including phenoxy) is 4. The fraction of sp³-hybridized carbons (Fsp3) is 0.239. The van der Waals surface area contributed by atoms with Gasteiger partial charge < -0.3 is 29.2 Å². The number of hydrogen-bond acceptors (Lipinski definition) is 13. The minimum absolute atomic E-state index is 0.0158. The topological polar surface area (TPSA) is 199 Å². The van der Waals surface area contributed by atoms with Gasteiger partial charge in [-0.2, -0.15) is 68.0 Å². The lowest BCUT2D eigenvalue weighted by molar-refractivity contribution is -0.275. The largest absolute Gasteiger partial charge is 0.573 e. The number of nitrogens with zero attached hydrogens (tertiary/aromatic N) is 8. The number of rotatable bonds is 17. The van der Waals surface area contributed by atoms with Gasteiger partial charge in [0.1, 0.15) is 23.0 Å². The molecule has 0 radical (unpaired) electrons. The lowest BCUT2D eigenvalue weighted by Gasteiger charge is -2.13. The molecule has 3 N–H and O–H groups in total. The van der Waals surface area contributed by atoms with Gasteiger partial charge in [-0.1, -0.05) is 105 Å². The summed E-state index contributed by atoms with van der Waals surface area (Å²) in [7, 11) is 0. The van der Waals surface area contributed by atoms with Crippen molar-refractivity contribution in [2.45, 2.75) is 82.4 Å². The first-order valence-electron chi connectivity index (χ1n) is 29.8. The zero-order valence-corrected chi connectivity index (χ0v) is 56.9. The highest BCUT2D eigenvalue weighted by molar-refractivity contribution is 9.10. The summed E-state index contributed by atoms with van der Waals surface area (Å²) in [4.78, 5) is 1.06. The molecule has 0 saturated heterocycles. The first-order valence-corrected chi connectivity index (χ1v) is 31.7. The van der Waals surface area contributed by atoms with Crippen molar-refractivity contribution in [3.8, 4) is 51.8 Å². The lowest BCUT2D eigenvalue weighted by atomic mass is 9.98. The Balaban J connectivity index is 0.000000222. The Bertz CT molecular complexity index is 4530. The van der Waals surface area contributed by atoms with Crippen LogP contribution < -0.4 is 18.9 Å². The molecule has 2 heterocycles. The monoisotopic (exact) mass is 1690 g/mol. The number of nitriles is 1. The van der Waals surface area contributed by atoms with E-state index in [1.807, 2.05) is 0 Å². The van der Waals surface area contributed by atoms with Crippen LogP contribution in [0.3, 0.4) is 0 Å². The molecular weight excluding hydrogens is 1640 g/mol. The Kier molecular flexibility index (Phi) is 29.8. The molecule has 108 heavy (non-hydrogen) atoms. The van der Waals surface area contributed by atoms with Gasteiger partial charge in [-0.25, -0.2) is 0 Å². The third-order valence-corrected chi connectivity index (χ3v) is 14.8. The number of aromatic nitrogens is 8. The molecule has 15 nitrogen and oxygen atoms in total. The van der Waals surface area contributed by atoms with Crippen LogP contribution in [0.25, 0.3) is 22.8 Å². The highest BCUT2D eigenvalue weighted by atomic mass is 79.9. The van der Waals surface area contributed by atoms with E-state index < -0.39 is 89.7 Å². The Morgan fingerprint density at radius 2 is 0.713 bits per heavy atom. The highest BCUT2D eigenvalue weighted by Gasteiger charge is 2.37. The van der Waals surface area contributed by atoms with Crippen LogP contribution in [-0.2, 0) is 56.9 Å². The first kappa shape index (κ1) is 86.7. The maximum atomic E-state index is 12.7. The molecular formula is C67H47Br2F24N9O6. The number of hydrogen-bond donors (Lipinski definition) is 3. The molecule has 0 fully saturated rings. The molecule has 2 aromatic heterocycles. The summed E-state index contributed by atoms with van der Waals surface area (Å²) >= 11 is 6.13. The Morgan fingerprint density at radius 1 is 0.398 bits per heavy atom. The zero-order valence-electron chi connectivity index (χ0n) is 53.8. The van der Waals surface area contributed by atoms with Crippen LogP contribution in [-0.4, -0.2) is 95.0 Å². The van der Waals surface area contributed by atoms with Crippen LogP contribution in [0.5, 0.6) is 23.0 Å². The van der Waals surface area contributed by atoms with Crippen molar-refractivity contribution < 1.29 is 135 Å². The average molecular weight is 1690 g/mol. The quantitative estimate of drug-likeness (QED) is 0.0575. The van der Waals surface area contributed by atoms with Crippen LogP contribution in [0, 0.1) is 11.3 Å². The van der Waals surface area contributed by atoms with Crippen molar-refractivity contribution >= 4 is 31.9 Å². The highest BCUT2D eigenvalue weighted by Crippen LogP contribution is 2.38. The van der Waals surface area contributed by atoms with E-state index in [1.54, 1.807) is 6.07 Å². The van der Waals surface area contributed by atoms with E-state index in [-0.39, 0.29) is 79.5 Å². The van der Waals surface area contributed by atoms with Crippen LogP contribution in [0.15, 0.2) is 174 Å². The van der Waals surface area contributed by atoms with Gasteiger partial charge in [0.05, 0.1) is 53.6 Å². The Morgan fingerprint density at radius 3 is 1.02 bits per heavy atom. The molecule has 41 heteroatoms. The van der Waals surface area contributed by atoms with Crippen molar-refractivity contribution in [3.63, 3.8) is 0 Å². The summed E-state index contributed by atoms with van der Waals surface area (Å²) in [6.07, 6.45) is -36.6. The van der Waals surface area contributed by atoms with Gasteiger partial charge in [0.15, 0.2) is 0 Å². The number of nitrogens with one attached hydrogen (secondary N) is 1. The molecule has 0 amide bonds. The summed E-state index contributed by atoms with van der Waals surface area (Å²) < 4.78 is 315. The molecule has 0 unspecified atom stereocenters. The van der Waals surface area contributed by atoms with E-state index in [9.17, 15) is 105 Å². The van der Waals surface area contributed by atoms with Crippen molar-refractivity contribution in [1.29, 1.82) is 5.26 Å². The van der Waals surface area contributed by atoms with Gasteiger partial charge in [0.2, 0.25) is 11.6 Å². The average Bonchev–Trinajstić information content (AvgIpc) is 1.44. The number of aliphatic hydroxyl groups excluding tert-OH is 2. The predicted octanol–water partition coefficient (Wildman–Crippen LogP) is 19.6. The van der Waals surface area contributed by atoms with E-state index in [1.165, 1.54) is 72.8 Å². The normalized spacial score (nSPS) is 12.0. The molecule has 0 aliphatic carbocycles. The number of aliphatic hydroxyl groups is 2. The van der Waals surface area contributed by atoms with Crippen LogP contribution in [0.4, 0.5) is 105 Å². The number of benzene rings is 8. The van der Waals surface area contributed by atoms with Crippen molar-refractivity contribution in [2.24, 2.45) is 0 Å². The van der Waals surface area contributed by atoms with Gasteiger partial charge >= 0.3 is 50.2 Å². The predicted molar refractivity (Wildman–Crippen MR) is 340 cm³/mol. The minimum atomic E-state index is -4.91. The summed E-state index contributed by atoms with van der Waals surface area (Å²) in [5.74, 6) is -1.87. The van der Waals surface area contributed by atoms with Crippen molar-refractivity contribution in [3.05, 3.63) is 247 Å². The number of halogens is 26. The standard InChI is InChI=1S/C18H14F6N4O2.C16H10F6N4O.C16H9F6NO.C15H9BrF6O.C2H5BrO/c19-17(20,21)13-4-1-11(2-5-13)9-12-3-6-14(30-18(22,23)24)10-15(12)16-25-27-28(26-16)7-8-29;17-15(18,19)11-4-1-9(2-5-11)7-10-3-6-12(27-16(20,21)22)8-13(10)14-23-25-26-24-14;17-15(18,19)13-4-1-10(2-5-13)7-11-3-6-14(8-12(11)9-23)24-16(20,21)22;16-13-8-12(23-15(20,21)22)6-3-10(13)7-9-1-4-11(5-2-9)14(17,18)19;3-1-2-4/h1-6,10,29H,7-9H2;1-6,8H,7H2,(H,23,24,25,26);1-6,8H,7H2;1-6,8H,7H2;4H,1-2H2. The summed E-state index contributed by atoms with van der Waals surface area (Å²) in [6, 6.07) is 33.6. The third kappa shape index (κ3) is 29.2. The van der Waals surface area contributed by atoms with E-state index in [2.05, 4.69) is 86.8 Å². The van der Waals surface area contributed by atoms with E-state index in [0.717, 1.165) is 102 Å². The van der Waals surface area contributed by atoms with Crippen LogP contribution in [0.1, 0.15) is 72.3 Å². The molecule has 578 valence electrons. The number of tetrazole rings is 2. The smallest absolute Gasteiger partial charge is 0.406 e. The van der Waals surface area contributed by atoms with Gasteiger partial charge in [-0.15, -0.1) is 73.1 Å². The minimum Gasteiger partial charge on any atom is -0.406 e. The van der Waals surface area contributed by atoms with E-state index in [4.69, 9.17) is 15.5 Å². The molecule has 0 aliphatic rings. The lowest BCUT2D eigenvalue weighted by Crippen LogP contribution is -2.17. The fourth-order valence-corrected chi connectivity index (χ4v) is 9.54. The molecule has 0 spiro atoms. The summed E-state index contributed by atoms with van der Waals surface area (Å²) in [5, 5.41) is 51.0. The van der Waals surface area contributed by atoms with E-state index >= 15 is 0 Å². The van der Waals surface area contributed by atoms with Gasteiger partial charge in [-0.05, 0) is 178 Å². The van der Waals surface area contributed by atoms with Gasteiger partial charge in [0, 0.05) is 20.9 Å². The molecule has 10 rings (SSSR count). The molecule has 8 aromatic carbocycles. The molecule has 0 atom stereocenters. The van der Waals surface area contributed by atoms with E-state index in [0.29, 0.717) is 54.3 Å². The maximum Gasteiger partial charge on any atom is 0.573 e. The molecule has 0 bridgehead atoms.